The number of aryl methyl sites for hydroxylation is 1. The molecule has 0 saturated heterocycles. The molecule has 0 unspecified atom stereocenters. The fraction of sp³-hybridized carbons (Fsp3) is 0.308. The molecule has 0 amide bonds. The number of likely N-dealkylation sites (N-methyl/N-ethyl adjacent to an activating group) is 1. The maximum absolute atomic E-state index is 10.6. The summed E-state index contributed by atoms with van der Waals surface area (Å²) >= 11 is 0. The highest BCUT2D eigenvalue weighted by Gasteiger charge is 2.08. The minimum atomic E-state index is -0.947. The van der Waals surface area contributed by atoms with Crippen molar-refractivity contribution in [3.63, 3.8) is 0 Å². The summed E-state index contributed by atoms with van der Waals surface area (Å²) in [6, 6.07) is 8.09. The summed E-state index contributed by atoms with van der Waals surface area (Å²) in [6.07, 6.45) is 1.01. The lowest BCUT2D eigenvalue weighted by molar-refractivity contribution is -0.132. The summed E-state index contributed by atoms with van der Waals surface area (Å²) < 4.78 is 0. The van der Waals surface area contributed by atoms with Gasteiger partial charge in [-0.2, -0.15) is 0 Å². The quantitative estimate of drug-likeness (QED) is 0.773. The largest absolute Gasteiger partial charge is 0.478 e. The first-order valence-corrected chi connectivity index (χ1v) is 5.25. The van der Waals surface area contributed by atoms with Crippen LogP contribution in [-0.4, -0.2) is 24.7 Å². The molecule has 1 aromatic carbocycles. The maximum atomic E-state index is 10.6. The molecule has 0 bridgehead atoms. The summed E-state index contributed by atoms with van der Waals surface area (Å²) in [5, 5.41) is 8.73. The van der Waals surface area contributed by atoms with Gasteiger partial charge >= 0.3 is 5.97 Å². The van der Waals surface area contributed by atoms with Gasteiger partial charge in [0.2, 0.25) is 0 Å². The lowest BCUT2D eigenvalue weighted by Gasteiger charge is -2.19. The molecule has 0 aliphatic carbocycles. The number of aliphatic carboxylic acids is 1. The summed E-state index contributed by atoms with van der Waals surface area (Å²) in [5.41, 5.74) is 2.47. The first-order valence-electron chi connectivity index (χ1n) is 5.25. The molecule has 3 heteroatoms. The molecule has 0 radical (unpaired) electrons. The van der Waals surface area contributed by atoms with Crippen molar-refractivity contribution in [3.05, 3.63) is 42.0 Å². The van der Waals surface area contributed by atoms with Crippen LogP contribution in [-0.2, 0) is 11.2 Å². The summed E-state index contributed by atoms with van der Waals surface area (Å²) in [4.78, 5) is 12.5. The zero-order valence-corrected chi connectivity index (χ0v) is 9.73. The number of hydrogen-bond donors (Lipinski definition) is 1. The monoisotopic (exact) mass is 219 g/mol. The molecule has 3 nitrogen and oxygen atoms in total. The number of nitrogens with zero attached hydrogens (tertiary/aromatic N) is 1. The average molecular weight is 219 g/mol. The number of rotatable bonds is 5. The summed E-state index contributed by atoms with van der Waals surface area (Å²) in [7, 11) is 1.86. The van der Waals surface area contributed by atoms with Crippen molar-refractivity contribution in [1.29, 1.82) is 0 Å². The highest BCUT2D eigenvalue weighted by Crippen LogP contribution is 2.15. The van der Waals surface area contributed by atoms with Gasteiger partial charge in [-0.3, -0.25) is 0 Å². The van der Waals surface area contributed by atoms with Gasteiger partial charge in [-0.05, 0) is 24.1 Å². The van der Waals surface area contributed by atoms with Gasteiger partial charge in [-0.1, -0.05) is 25.6 Å². The number of carboxylic acid groups (broad SMARTS) is 1. The molecule has 1 rings (SSSR count). The van der Waals surface area contributed by atoms with E-state index in [1.807, 2.05) is 24.1 Å². The van der Waals surface area contributed by atoms with E-state index in [0.717, 1.165) is 12.1 Å². The van der Waals surface area contributed by atoms with E-state index in [1.165, 1.54) is 5.56 Å². The Balaban J connectivity index is 2.69. The number of carbonyl (C=O) groups is 1. The van der Waals surface area contributed by atoms with Crippen molar-refractivity contribution in [1.82, 2.24) is 0 Å². The first kappa shape index (κ1) is 12.3. The molecule has 0 atom stereocenters. The Morgan fingerprint density at radius 2 is 1.94 bits per heavy atom. The highest BCUT2D eigenvalue weighted by molar-refractivity contribution is 5.86. The lowest BCUT2D eigenvalue weighted by atomic mass is 10.1. The molecule has 0 heterocycles. The molecule has 0 fully saturated rings. The van der Waals surface area contributed by atoms with E-state index < -0.39 is 5.97 Å². The molecule has 0 aliphatic rings. The third-order valence-corrected chi connectivity index (χ3v) is 2.52. The standard InChI is InChI=1S/C13H17NO2/c1-4-11-5-7-12(8-6-11)14(3)9-10(2)13(15)16/h5-8H,2,4,9H2,1,3H3,(H,15,16). The SMILES string of the molecule is C=C(CN(C)c1ccc(CC)cc1)C(=O)O. The van der Waals surface area contributed by atoms with Crippen LogP contribution >= 0.6 is 0 Å². The smallest absolute Gasteiger partial charge is 0.332 e. The second-order valence-corrected chi connectivity index (χ2v) is 3.78. The van der Waals surface area contributed by atoms with Crippen LogP contribution in [0.4, 0.5) is 5.69 Å². The van der Waals surface area contributed by atoms with Crippen LogP contribution in [0.3, 0.4) is 0 Å². The van der Waals surface area contributed by atoms with Crippen molar-refractivity contribution in [2.75, 3.05) is 18.5 Å². The Labute approximate surface area is 96.0 Å². The molecule has 0 saturated carbocycles. The Morgan fingerprint density at radius 3 is 2.38 bits per heavy atom. The third-order valence-electron chi connectivity index (χ3n) is 2.52. The van der Waals surface area contributed by atoms with Gasteiger partial charge in [-0.15, -0.1) is 0 Å². The van der Waals surface area contributed by atoms with E-state index in [1.54, 1.807) is 0 Å². The van der Waals surface area contributed by atoms with E-state index >= 15 is 0 Å². The predicted octanol–water partition coefficient (Wildman–Crippen LogP) is 2.33. The van der Waals surface area contributed by atoms with Crippen LogP contribution in [0.1, 0.15) is 12.5 Å². The minimum Gasteiger partial charge on any atom is -0.478 e. The third kappa shape index (κ3) is 3.12. The number of hydrogen-bond acceptors (Lipinski definition) is 2. The minimum absolute atomic E-state index is 0.196. The average Bonchev–Trinajstić information content (AvgIpc) is 2.28. The first-order chi connectivity index (χ1) is 7.54. The fourth-order valence-corrected chi connectivity index (χ4v) is 1.43. The summed E-state index contributed by atoms with van der Waals surface area (Å²) in [6.45, 7) is 5.95. The highest BCUT2D eigenvalue weighted by atomic mass is 16.4. The normalized spacial score (nSPS) is 9.88. The van der Waals surface area contributed by atoms with Crippen molar-refractivity contribution in [2.45, 2.75) is 13.3 Å². The Morgan fingerprint density at radius 1 is 1.38 bits per heavy atom. The molecule has 0 aromatic heterocycles. The maximum Gasteiger partial charge on any atom is 0.332 e. The predicted molar refractivity (Wildman–Crippen MR) is 65.9 cm³/mol. The van der Waals surface area contributed by atoms with Gasteiger partial charge in [0, 0.05) is 24.9 Å². The van der Waals surface area contributed by atoms with E-state index in [4.69, 9.17) is 5.11 Å². The van der Waals surface area contributed by atoms with Gasteiger partial charge in [0.25, 0.3) is 0 Å². The van der Waals surface area contributed by atoms with Crippen LogP contribution < -0.4 is 4.90 Å². The molecule has 86 valence electrons. The molecular formula is C13H17NO2. The van der Waals surface area contributed by atoms with Crippen LogP contribution in [0, 0.1) is 0 Å². The molecule has 16 heavy (non-hydrogen) atoms. The van der Waals surface area contributed by atoms with Crippen LogP contribution in [0.2, 0.25) is 0 Å². The van der Waals surface area contributed by atoms with Gasteiger partial charge < -0.3 is 10.0 Å². The van der Waals surface area contributed by atoms with Crippen molar-refractivity contribution < 1.29 is 9.90 Å². The number of benzene rings is 1. The number of carboxylic acids is 1. The van der Waals surface area contributed by atoms with E-state index in [9.17, 15) is 4.79 Å². The lowest BCUT2D eigenvalue weighted by Crippen LogP contribution is -2.22. The Hall–Kier alpha value is -1.77. The zero-order chi connectivity index (χ0) is 12.1. The topological polar surface area (TPSA) is 40.5 Å². The van der Waals surface area contributed by atoms with E-state index in [0.29, 0.717) is 6.54 Å². The van der Waals surface area contributed by atoms with Gasteiger partial charge in [-0.25, -0.2) is 4.79 Å². The molecule has 1 N–H and O–H groups in total. The molecule has 0 aliphatic heterocycles. The van der Waals surface area contributed by atoms with E-state index in [2.05, 4.69) is 25.6 Å². The second-order valence-electron chi connectivity index (χ2n) is 3.78. The second kappa shape index (κ2) is 5.35. The van der Waals surface area contributed by atoms with Crippen molar-refractivity contribution >= 4 is 11.7 Å². The van der Waals surface area contributed by atoms with Gasteiger partial charge in [0.05, 0.1) is 0 Å². The van der Waals surface area contributed by atoms with Crippen LogP contribution in [0.5, 0.6) is 0 Å². The Bertz CT molecular complexity index is 381. The molecular weight excluding hydrogens is 202 g/mol. The molecule has 0 spiro atoms. The number of anilines is 1. The van der Waals surface area contributed by atoms with Crippen molar-refractivity contribution in [3.8, 4) is 0 Å². The molecule has 1 aromatic rings. The van der Waals surface area contributed by atoms with Gasteiger partial charge in [0.15, 0.2) is 0 Å². The van der Waals surface area contributed by atoms with E-state index in [-0.39, 0.29) is 5.57 Å². The fourth-order valence-electron chi connectivity index (χ4n) is 1.43. The summed E-state index contributed by atoms with van der Waals surface area (Å²) in [5.74, 6) is -0.947. The van der Waals surface area contributed by atoms with Crippen LogP contribution in [0.15, 0.2) is 36.4 Å². The van der Waals surface area contributed by atoms with Crippen LogP contribution in [0.25, 0.3) is 0 Å². The zero-order valence-electron chi connectivity index (χ0n) is 9.73. The van der Waals surface area contributed by atoms with Crippen molar-refractivity contribution in [2.24, 2.45) is 0 Å². The van der Waals surface area contributed by atoms with Gasteiger partial charge in [0.1, 0.15) is 0 Å². The Kier molecular flexibility index (Phi) is 4.11.